The van der Waals surface area contributed by atoms with E-state index in [9.17, 15) is 9.90 Å². The Bertz CT molecular complexity index is 752. The van der Waals surface area contributed by atoms with Crippen LogP contribution in [-0.4, -0.2) is 38.6 Å². The SMILES string of the molecule is Cn1ccnc1[C@@H](O)C1CCN(C(=O)CC2Cc3ccccc3C2)CC1. The minimum absolute atomic E-state index is 0.177. The summed E-state index contributed by atoms with van der Waals surface area (Å²) >= 11 is 0. The van der Waals surface area contributed by atoms with Crippen LogP contribution < -0.4 is 0 Å². The summed E-state index contributed by atoms with van der Waals surface area (Å²) in [7, 11) is 1.91. The van der Waals surface area contributed by atoms with Crippen molar-refractivity contribution in [2.24, 2.45) is 18.9 Å². The lowest BCUT2D eigenvalue weighted by atomic mass is 9.90. The van der Waals surface area contributed by atoms with Crippen LogP contribution in [0.2, 0.25) is 0 Å². The number of imidazole rings is 1. The van der Waals surface area contributed by atoms with E-state index in [0.29, 0.717) is 12.3 Å². The van der Waals surface area contributed by atoms with Crippen molar-refractivity contribution in [3.8, 4) is 0 Å². The molecular weight excluding hydrogens is 326 g/mol. The van der Waals surface area contributed by atoms with Gasteiger partial charge in [-0.05, 0) is 48.6 Å². The predicted octanol–water partition coefficient (Wildman–Crippen LogP) is 2.50. The highest BCUT2D eigenvalue weighted by Gasteiger charge is 2.31. The molecule has 1 saturated heterocycles. The summed E-state index contributed by atoms with van der Waals surface area (Å²) in [5, 5.41) is 10.6. The number of aromatic nitrogens is 2. The van der Waals surface area contributed by atoms with Crippen LogP contribution in [-0.2, 0) is 24.7 Å². The Morgan fingerprint density at radius 2 is 1.88 bits per heavy atom. The quantitative estimate of drug-likeness (QED) is 0.919. The van der Waals surface area contributed by atoms with Gasteiger partial charge in [-0.2, -0.15) is 0 Å². The highest BCUT2D eigenvalue weighted by Crippen LogP contribution is 2.32. The fourth-order valence-electron chi connectivity index (χ4n) is 4.51. The summed E-state index contributed by atoms with van der Waals surface area (Å²) in [5.74, 6) is 1.61. The second kappa shape index (κ2) is 7.23. The van der Waals surface area contributed by atoms with Gasteiger partial charge in [-0.15, -0.1) is 0 Å². The van der Waals surface area contributed by atoms with Crippen LogP contribution in [0, 0.1) is 11.8 Å². The van der Waals surface area contributed by atoms with Crippen LogP contribution in [0.25, 0.3) is 0 Å². The molecule has 4 rings (SSSR count). The van der Waals surface area contributed by atoms with Crippen molar-refractivity contribution < 1.29 is 9.90 Å². The number of amides is 1. The summed E-state index contributed by atoms with van der Waals surface area (Å²) < 4.78 is 1.87. The molecule has 1 aromatic heterocycles. The summed E-state index contributed by atoms with van der Waals surface area (Å²) in [4.78, 5) is 19.0. The van der Waals surface area contributed by atoms with E-state index in [-0.39, 0.29) is 11.8 Å². The van der Waals surface area contributed by atoms with Gasteiger partial charge in [0.25, 0.3) is 0 Å². The fourth-order valence-corrected chi connectivity index (χ4v) is 4.51. The molecule has 2 heterocycles. The van der Waals surface area contributed by atoms with Gasteiger partial charge in [0.15, 0.2) is 0 Å². The highest BCUT2D eigenvalue weighted by atomic mass is 16.3. The smallest absolute Gasteiger partial charge is 0.222 e. The maximum atomic E-state index is 12.7. The average molecular weight is 353 g/mol. The molecule has 0 unspecified atom stereocenters. The lowest BCUT2D eigenvalue weighted by Gasteiger charge is -2.34. The van der Waals surface area contributed by atoms with E-state index in [1.807, 2.05) is 22.7 Å². The molecule has 26 heavy (non-hydrogen) atoms. The van der Waals surface area contributed by atoms with Gasteiger partial charge in [-0.3, -0.25) is 4.79 Å². The number of likely N-dealkylation sites (tertiary alicyclic amines) is 1. The van der Waals surface area contributed by atoms with Gasteiger partial charge in [-0.1, -0.05) is 24.3 Å². The third-order valence-corrected chi connectivity index (χ3v) is 6.06. The molecule has 5 nitrogen and oxygen atoms in total. The molecule has 2 aliphatic rings. The maximum absolute atomic E-state index is 12.7. The molecule has 1 N–H and O–H groups in total. The van der Waals surface area contributed by atoms with E-state index < -0.39 is 6.10 Å². The number of fused-ring (bicyclic) bond motifs is 1. The number of rotatable bonds is 4. The summed E-state index contributed by atoms with van der Waals surface area (Å²) in [6.45, 7) is 1.48. The zero-order valence-corrected chi connectivity index (χ0v) is 15.3. The van der Waals surface area contributed by atoms with Crippen molar-refractivity contribution in [2.45, 2.75) is 38.2 Å². The number of hydrogen-bond donors (Lipinski definition) is 1. The van der Waals surface area contributed by atoms with Crippen molar-refractivity contribution >= 4 is 5.91 Å². The van der Waals surface area contributed by atoms with Crippen molar-refractivity contribution in [1.29, 1.82) is 0 Å². The van der Waals surface area contributed by atoms with E-state index >= 15 is 0 Å². The Balaban J connectivity index is 1.28. The molecule has 0 saturated carbocycles. The van der Waals surface area contributed by atoms with Crippen LogP contribution >= 0.6 is 0 Å². The first-order valence-corrected chi connectivity index (χ1v) is 9.61. The molecule has 1 aliphatic carbocycles. The van der Waals surface area contributed by atoms with Crippen LogP contribution in [0.3, 0.4) is 0 Å². The Morgan fingerprint density at radius 1 is 1.23 bits per heavy atom. The summed E-state index contributed by atoms with van der Waals surface area (Å²) in [6, 6.07) is 8.54. The monoisotopic (exact) mass is 353 g/mol. The minimum atomic E-state index is -0.545. The molecule has 138 valence electrons. The van der Waals surface area contributed by atoms with Gasteiger partial charge in [0.2, 0.25) is 5.91 Å². The molecule has 1 aromatic carbocycles. The van der Waals surface area contributed by atoms with Crippen molar-refractivity contribution in [2.75, 3.05) is 13.1 Å². The number of hydrogen-bond acceptors (Lipinski definition) is 3. The fraction of sp³-hybridized carbons (Fsp3) is 0.524. The van der Waals surface area contributed by atoms with E-state index in [1.54, 1.807) is 6.20 Å². The van der Waals surface area contributed by atoms with E-state index in [0.717, 1.165) is 44.6 Å². The lowest BCUT2D eigenvalue weighted by Crippen LogP contribution is -2.40. The molecule has 0 bridgehead atoms. The number of aliphatic hydroxyl groups excluding tert-OH is 1. The maximum Gasteiger partial charge on any atom is 0.222 e. The third-order valence-electron chi connectivity index (χ3n) is 6.06. The summed E-state index contributed by atoms with van der Waals surface area (Å²) in [5.41, 5.74) is 2.81. The second-order valence-corrected chi connectivity index (χ2v) is 7.81. The summed E-state index contributed by atoms with van der Waals surface area (Å²) in [6.07, 6.45) is 7.40. The van der Waals surface area contributed by atoms with Crippen LogP contribution in [0.4, 0.5) is 0 Å². The van der Waals surface area contributed by atoms with Crippen LogP contribution in [0.1, 0.15) is 42.3 Å². The molecule has 2 aromatic rings. The van der Waals surface area contributed by atoms with Crippen LogP contribution in [0.15, 0.2) is 36.7 Å². The largest absolute Gasteiger partial charge is 0.385 e. The van der Waals surface area contributed by atoms with Gasteiger partial charge < -0.3 is 14.6 Å². The van der Waals surface area contributed by atoms with Gasteiger partial charge in [0, 0.05) is 39.0 Å². The minimum Gasteiger partial charge on any atom is -0.385 e. The van der Waals surface area contributed by atoms with Gasteiger partial charge in [0.05, 0.1) is 0 Å². The molecule has 0 spiro atoms. The number of piperidine rings is 1. The molecular formula is C21H27N3O2. The Labute approximate surface area is 154 Å². The van der Waals surface area contributed by atoms with Crippen molar-refractivity contribution in [3.05, 3.63) is 53.6 Å². The number of aliphatic hydroxyl groups is 1. The Kier molecular flexibility index (Phi) is 4.81. The third kappa shape index (κ3) is 3.40. The van der Waals surface area contributed by atoms with E-state index in [4.69, 9.17) is 0 Å². The van der Waals surface area contributed by atoms with Gasteiger partial charge in [0.1, 0.15) is 11.9 Å². The van der Waals surface area contributed by atoms with E-state index in [1.165, 1.54) is 11.1 Å². The predicted molar refractivity (Wildman–Crippen MR) is 99.4 cm³/mol. The van der Waals surface area contributed by atoms with E-state index in [2.05, 4.69) is 29.2 Å². The number of carbonyl (C=O) groups is 1. The first-order chi connectivity index (χ1) is 12.6. The number of nitrogens with zero attached hydrogens (tertiary/aromatic N) is 3. The van der Waals surface area contributed by atoms with Crippen LogP contribution in [0.5, 0.6) is 0 Å². The Morgan fingerprint density at radius 3 is 2.46 bits per heavy atom. The average Bonchev–Trinajstić information content (AvgIpc) is 3.26. The van der Waals surface area contributed by atoms with Gasteiger partial charge in [-0.25, -0.2) is 4.98 Å². The standard InChI is InChI=1S/C21H27N3O2/c1-23-11-8-22-21(23)20(26)16-6-9-24(10-7-16)19(25)14-15-12-17-4-2-3-5-18(17)13-15/h2-5,8,11,15-16,20,26H,6-7,9-10,12-14H2,1H3/t20-/m0/s1. The molecule has 0 radical (unpaired) electrons. The molecule has 1 amide bonds. The number of benzene rings is 1. The second-order valence-electron chi connectivity index (χ2n) is 7.81. The topological polar surface area (TPSA) is 58.4 Å². The molecule has 1 aliphatic heterocycles. The first-order valence-electron chi connectivity index (χ1n) is 9.61. The highest BCUT2D eigenvalue weighted by molar-refractivity contribution is 5.76. The normalized spacial score (nSPS) is 19.5. The number of aryl methyl sites for hydroxylation is 1. The zero-order valence-electron chi connectivity index (χ0n) is 15.3. The van der Waals surface area contributed by atoms with Crippen molar-refractivity contribution in [3.63, 3.8) is 0 Å². The first kappa shape index (κ1) is 17.3. The molecule has 1 fully saturated rings. The number of carbonyl (C=O) groups excluding carboxylic acids is 1. The molecule has 1 atom stereocenters. The van der Waals surface area contributed by atoms with Gasteiger partial charge >= 0.3 is 0 Å². The Hall–Kier alpha value is -2.14. The zero-order chi connectivity index (χ0) is 18.1. The molecule has 5 heteroatoms. The lowest BCUT2D eigenvalue weighted by molar-refractivity contribution is -0.134. The van der Waals surface area contributed by atoms with Crippen molar-refractivity contribution in [1.82, 2.24) is 14.5 Å².